The van der Waals surface area contributed by atoms with Gasteiger partial charge in [0.1, 0.15) is 5.69 Å². The third-order valence-corrected chi connectivity index (χ3v) is 4.26. The van der Waals surface area contributed by atoms with Crippen LogP contribution in [0.3, 0.4) is 0 Å². The molecule has 0 aliphatic heterocycles. The maximum absolute atomic E-state index is 11.1. The first-order valence-electron chi connectivity index (χ1n) is 8.66. The zero-order valence-electron chi connectivity index (χ0n) is 14.7. The number of benzene rings is 1. The molecule has 6 heteroatoms. The summed E-state index contributed by atoms with van der Waals surface area (Å²) in [6.07, 6.45) is 6.15. The van der Waals surface area contributed by atoms with E-state index in [1.54, 1.807) is 6.33 Å². The topological polar surface area (TPSA) is 80.0 Å². The van der Waals surface area contributed by atoms with Crippen LogP contribution in [-0.2, 0) is 19.5 Å². The van der Waals surface area contributed by atoms with E-state index in [0.717, 1.165) is 26.1 Å². The van der Waals surface area contributed by atoms with Gasteiger partial charge in [0.2, 0.25) is 0 Å². The largest absolute Gasteiger partial charge is 0.478 e. The molecule has 0 amide bonds. The van der Waals surface area contributed by atoms with Gasteiger partial charge in [-0.1, -0.05) is 31.2 Å². The maximum atomic E-state index is 11.1. The van der Waals surface area contributed by atoms with Gasteiger partial charge in [-0.15, -0.1) is 0 Å². The highest BCUT2D eigenvalue weighted by molar-refractivity contribution is 5.88. The van der Waals surface area contributed by atoms with Crippen molar-refractivity contribution in [1.29, 1.82) is 0 Å². The lowest BCUT2D eigenvalue weighted by molar-refractivity contribution is 0.0697. The van der Waals surface area contributed by atoms with Crippen molar-refractivity contribution < 1.29 is 9.90 Å². The molecule has 0 fully saturated rings. The van der Waals surface area contributed by atoms with E-state index in [1.165, 1.54) is 29.5 Å². The molecule has 26 heavy (non-hydrogen) atoms. The quantitative estimate of drug-likeness (QED) is 0.611. The summed E-state index contributed by atoms with van der Waals surface area (Å²) in [7, 11) is 0. The highest BCUT2D eigenvalue weighted by atomic mass is 16.4. The van der Waals surface area contributed by atoms with Crippen LogP contribution in [-0.4, -0.2) is 32.2 Å². The van der Waals surface area contributed by atoms with Gasteiger partial charge in [0.25, 0.3) is 0 Å². The second kappa shape index (κ2) is 8.40. The molecule has 6 nitrogen and oxygen atoms in total. The van der Waals surface area contributed by atoms with Crippen LogP contribution in [0.15, 0.2) is 55.1 Å². The van der Waals surface area contributed by atoms with E-state index in [0.29, 0.717) is 11.4 Å². The van der Waals surface area contributed by atoms with Crippen LogP contribution in [0, 0.1) is 0 Å². The Morgan fingerprint density at radius 2 is 1.96 bits per heavy atom. The Balaban J connectivity index is 1.56. The number of aromatic carboxylic acids is 1. The number of carbonyl (C=O) groups is 1. The van der Waals surface area contributed by atoms with Gasteiger partial charge >= 0.3 is 5.97 Å². The fourth-order valence-corrected chi connectivity index (χ4v) is 2.82. The zero-order valence-corrected chi connectivity index (χ0v) is 14.7. The van der Waals surface area contributed by atoms with Gasteiger partial charge in [0.15, 0.2) is 0 Å². The molecule has 0 atom stereocenters. The van der Waals surface area contributed by atoms with Crippen molar-refractivity contribution in [2.45, 2.75) is 26.4 Å². The van der Waals surface area contributed by atoms with Crippen molar-refractivity contribution in [2.75, 3.05) is 6.54 Å². The van der Waals surface area contributed by atoms with Crippen LogP contribution in [0.4, 0.5) is 0 Å². The molecule has 2 N–H and O–H groups in total. The van der Waals surface area contributed by atoms with Gasteiger partial charge in [0.05, 0.1) is 17.6 Å². The monoisotopic (exact) mass is 350 g/mol. The molecular weight excluding hydrogens is 328 g/mol. The van der Waals surface area contributed by atoms with Gasteiger partial charge in [0, 0.05) is 32.0 Å². The highest BCUT2D eigenvalue weighted by Crippen LogP contribution is 2.15. The molecule has 1 aromatic carbocycles. The minimum atomic E-state index is -0.968. The summed E-state index contributed by atoms with van der Waals surface area (Å²) in [5.41, 5.74) is 4.14. The molecule has 0 radical (unpaired) electrons. The number of nitrogens with one attached hydrogen (secondary N) is 1. The molecule has 0 aliphatic carbocycles. The highest BCUT2D eigenvalue weighted by Gasteiger charge is 2.08. The van der Waals surface area contributed by atoms with Crippen LogP contribution < -0.4 is 5.32 Å². The van der Waals surface area contributed by atoms with Crippen molar-refractivity contribution >= 4 is 5.97 Å². The average molecular weight is 350 g/mol. The molecule has 0 saturated carbocycles. The zero-order chi connectivity index (χ0) is 18.4. The van der Waals surface area contributed by atoms with E-state index < -0.39 is 5.97 Å². The Bertz CT molecular complexity index is 889. The molecule has 134 valence electrons. The minimum absolute atomic E-state index is 0.209. The van der Waals surface area contributed by atoms with E-state index in [2.05, 4.69) is 46.5 Å². The number of carboxylic acid groups (broad SMARTS) is 1. The fraction of sp³-hybridized carbons (Fsp3) is 0.250. The molecule has 2 aromatic heterocycles. The number of pyridine rings is 1. The maximum Gasteiger partial charge on any atom is 0.335 e. The van der Waals surface area contributed by atoms with Crippen LogP contribution in [0.25, 0.3) is 11.4 Å². The van der Waals surface area contributed by atoms with Crippen LogP contribution in [0.1, 0.15) is 28.4 Å². The SMILES string of the molecule is CCc1ccccc1CNCCn1cnc(-c2cc(C(=O)O)ccn2)c1. The number of rotatable bonds is 8. The van der Waals surface area contributed by atoms with Crippen molar-refractivity contribution in [1.82, 2.24) is 19.9 Å². The first-order chi connectivity index (χ1) is 12.7. The lowest BCUT2D eigenvalue weighted by atomic mass is 10.1. The van der Waals surface area contributed by atoms with Crippen molar-refractivity contribution in [3.63, 3.8) is 0 Å². The molecule has 0 bridgehead atoms. The smallest absolute Gasteiger partial charge is 0.335 e. The third kappa shape index (κ3) is 4.34. The number of nitrogens with zero attached hydrogens (tertiary/aromatic N) is 3. The summed E-state index contributed by atoms with van der Waals surface area (Å²) < 4.78 is 1.98. The van der Waals surface area contributed by atoms with E-state index >= 15 is 0 Å². The summed E-state index contributed by atoms with van der Waals surface area (Å²) >= 11 is 0. The van der Waals surface area contributed by atoms with Gasteiger partial charge in [-0.05, 0) is 29.7 Å². The Labute approximate surface area is 152 Å². The Kier molecular flexibility index (Phi) is 5.76. The molecule has 3 aromatic rings. The second-order valence-corrected chi connectivity index (χ2v) is 6.03. The van der Waals surface area contributed by atoms with E-state index in [9.17, 15) is 4.79 Å². The number of imidazole rings is 1. The standard InChI is InChI=1S/C20H22N4O2/c1-2-15-5-3-4-6-17(15)12-21-9-10-24-13-19(23-14-24)18-11-16(20(25)26)7-8-22-18/h3-8,11,13-14,21H,2,9-10,12H2,1H3,(H,25,26). The van der Waals surface area contributed by atoms with Gasteiger partial charge in [-0.25, -0.2) is 9.78 Å². The second-order valence-electron chi connectivity index (χ2n) is 6.03. The Morgan fingerprint density at radius 1 is 1.15 bits per heavy atom. The lowest BCUT2D eigenvalue weighted by Gasteiger charge is -2.09. The molecule has 3 rings (SSSR count). The third-order valence-electron chi connectivity index (χ3n) is 4.26. The molecule has 0 aliphatic rings. The predicted molar refractivity (Wildman–Crippen MR) is 99.9 cm³/mol. The first-order valence-corrected chi connectivity index (χ1v) is 8.66. The molecular formula is C20H22N4O2. The minimum Gasteiger partial charge on any atom is -0.478 e. The van der Waals surface area contributed by atoms with E-state index in [1.807, 2.05) is 10.8 Å². The summed E-state index contributed by atoms with van der Waals surface area (Å²) in [5, 5.41) is 12.5. The summed E-state index contributed by atoms with van der Waals surface area (Å²) in [5.74, 6) is -0.968. The normalized spacial score (nSPS) is 10.8. The molecule has 2 heterocycles. The predicted octanol–water partition coefficient (Wildman–Crippen LogP) is 3.00. The van der Waals surface area contributed by atoms with Crippen molar-refractivity contribution in [3.8, 4) is 11.4 Å². The number of carboxylic acids is 1. The molecule has 0 saturated heterocycles. The van der Waals surface area contributed by atoms with Gasteiger partial charge < -0.3 is 15.0 Å². The number of hydrogen-bond acceptors (Lipinski definition) is 4. The lowest BCUT2D eigenvalue weighted by Crippen LogP contribution is -2.19. The summed E-state index contributed by atoms with van der Waals surface area (Å²) in [6.45, 7) is 4.60. The molecule has 0 unspecified atom stereocenters. The number of aromatic nitrogens is 3. The van der Waals surface area contributed by atoms with Crippen LogP contribution in [0.2, 0.25) is 0 Å². The Hall–Kier alpha value is -2.99. The first kappa shape index (κ1) is 17.8. The average Bonchev–Trinajstić information content (AvgIpc) is 3.14. The number of hydrogen-bond donors (Lipinski definition) is 2. The summed E-state index contributed by atoms with van der Waals surface area (Å²) in [4.78, 5) is 19.6. The van der Waals surface area contributed by atoms with Crippen molar-refractivity contribution in [3.05, 3.63) is 71.8 Å². The Morgan fingerprint density at radius 3 is 2.73 bits per heavy atom. The summed E-state index contributed by atoms with van der Waals surface area (Å²) in [6, 6.07) is 11.5. The number of aryl methyl sites for hydroxylation is 1. The van der Waals surface area contributed by atoms with Crippen LogP contribution in [0.5, 0.6) is 0 Å². The molecule has 0 spiro atoms. The fourth-order valence-electron chi connectivity index (χ4n) is 2.82. The van der Waals surface area contributed by atoms with Gasteiger partial charge in [-0.2, -0.15) is 0 Å². The van der Waals surface area contributed by atoms with Gasteiger partial charge in [-0.3, -0.25) is 4.98 Å². The van der Waals surface area contributed by atoms with Crippen LogP contribution >= 0.6 is 0 Å². The van der Waals surface area contributed by atoms with E-state index in [4.69, 9.17) is 5.11 Å². The van der Waals surface area contributed by atoms with E-state index in [-0.39, 0.29) is 5.56 Å². The van der Waals surface area contributed by atoms with Crippen molar-refractivity contribution in [2.24, 2.45) is 0 Å².